The van der Waals surface area contributed by atoms with Crippen LogP contribution in [0.1, 0.15) is 71.6 Å². The number of unbranched alkanes of at least 4 members (excludes halogenated alkanes) is 3. The summed E-state index contributed by atoms with van der Waals surface area (Å²) in [6.45, 7) is 4.91. The molecule has 0 aromatic heterocycles. The Bertz CT molecular complexity index is 774. The maximum Gasteiger partial charge on any atom is 0.326 e. The zero-order valence-electron chi connectivity index (χ0n) is 22.0. The van der Waals surface area contributed by atoms with E-state index in [0.29, 0.717) is 45.4 Å². The molecule has 0 radical (unpaired) electrons. The third kappa shape index (κ3) is 18.8. The number of hydrogen-bond donors (Lipinski definition) is 6. The molecular formula is C24H41N3O11. The van der Waals surface area contributed by atoms with Crippen LogP contribution in [0.5, 0.6) is 0 Å². The van der Waals surface area contributed by atoms with Crippen molar-refractivity contribution in [3.05, 3.63) is 0 Å². The van der Waals surface area contributed by atoms with Crippen LogP contribution in [0, 0.1) is 5.92 Å². The Kier molecular flexibility index (Phi) is 18.8. The van der Waals surface area contributed by atoms with Gasteiger partial charge in [-0.3, -0.25) is 14.4 Å². The van der Waals surface area contributed by atoms with Crippen molar-refractivity contribution < 1.29 is 53.6 Å². The molecule has 0 aromatic rings. The highest BCUT2D eigenvalue weighted by atomic mass is 16.6. The van der Waals surface area contributed by atoms with E-state index in [9.17, 15) is 33.9 Å². The molecule has 0 fully saturated rings. The van der Waals surface area contributed by atoms with Gasteiger partial charge in [0.1, 0.15) is 18.7 Å². The Hall–Kier alpha value is -3.42. The van der Waals surface area contributed by atoms with Crippen LogP contribution in [0.15, 0.2) is 0 Å². The van der Waals surface area contributed by atoms with Crippen molar-refractivity contribution in [1.29, 1.82) is 0 Å². The molecule has 0 aliphatic heterocycles. The number of carbonyl (C=O) groups excluding carboxylic acids is 3. The number of carbonyl (C=O) groups is 6. The molecule has 0 bridgehead atoms. The predicted octanol–water partition coefficient (Wildman–Crippen LogP) is 1.12. The fourth-order valence-corrected chi connectivity index (χ4v) is 3.07. The Labute approximate surface area is 221 Å². The number of hydrogen-bond acceptors (Lipinski definition) is 8. The average molecular weight is 548 g/mol. The van der Waals surface area contributed by atoms with Crippen LogP contribution in [0.4, 0.5) is 4.79 Å². The molecule has 14 heteroatoms. The molecule has 0 rings (SSSR count). The van der Waals surface area contributed by atoms with Gasteiger partial charge in [0.2, 0.25) is 5.91 Å². The Morgan fingerprint density at radius 1 is 0.711 bits per heavy atom. The van der Waals surface area contributed by atoms with Gasteiger partial charge < -0.3 is 40.7 Å². The Balaban J connectivity index is 3.97. The summed E-state index contributed by atoms with van der Waals surface area (Å²) in [5.41, 5.74) is 0. The first-order valence-corrected chi connectivity index (χ1v) is 12.7. The van der Waals surface area contributed by atoms with E-state index in [1.54, 1.807) is 13.8 Å². The van der Waals surface area contributed by atoms with Crippen LogP contribution in [0.25, 0.3) is 0 Å². The van der Waals surface area contributed by atoms with E-state index in [0.717, 1.165) is 12.8 Å². The molecule has 38 heavy (non-hydrogen) atoms. The monoisotopic (exact) mass is 547 g/mol. The average Bonchev–Trinajstić information content (AvgIpc) is 2.83. The van der Waals surface area contributed by atoms with Gasteiger partial charge in [-0.25, -0.2) is 14.4 Å². The smallest absolute Gasteiger partial charge is 0.326 e. The fourth-order valence-electron chi connectivity index (χ4n) is 3.07. The fraction of sp³-hybridized carbons (Fsp3) is 0.750. The van der Waals surface area contributed by atoms with E-state index in [2.05, 4.69) is 16.0 Å². The molecule has 14 nitrogen and oxygen atoms in total. The van der Waals surface area contributed by atoms with Crippen LogP contribution in [-0.2, 0) is 33.4 Å². The highest BCUT2D eigenvalue weighted by Crippen LogP contribution is 2.04. The lowest BCUT2D eigenvalue weighted by Gasteiger charge is -2.18. The lowest BCUT2D eigenvalue weighted by Crippen LogP contribution is -2.51. The molecule has 0 aliphatic rings. The third-order valence-electron chi connectivity index (χ3n) is 5.23. The summed E-state index contributed by atoms with van der Waals surface area (Å²) >= 11 is 0. The van der Waals surface area contributed by atoms with Crippen LogP contribution in [0.3, 0.4) is 0 Å². The summed E-state index contributed by atoms with van der Waals surface area (Å²) in [6, 6.07) is -3.77. The minimum atomic E-state index is -1.47. The van der Waals surface area contributed by atoms with Gasteiger partial charge in [-0.15, -0.1) is 0 Å². The van der Waals surface area contributed by atoms with Crippen LogP contribution in [0.2, 0.25) is 0 Å². The normalized spacial score (nSPS) is 12.3. The summed E-state index contributed by atoms with van der Waals surface area (Å²) in [6.07, 6.45) is 2.69. The molecule has 0 aliphatic carbocycles. The summed E-state index contributed by atoms with van der Waals surface area (Å²) in [4.78, 5) is 68.3. The lowest BCUT2D eigenvalue weighted by molar-refractivity contribution is -0.149. The van der Waals surface area contributed by atoms with Gasteiger partial charge in [-0.05, 0) is 38.5 Å². The van der Waals surface area contributed by atoms with Crippen molar-refractivity contribution in [2.24, 2.45) is 5.92 Å². The van der Waals surface area contributed by atoms with Crippen molar-refractivity contribution >= 4 is 35.8 Å². The van der Waals surface area contributed by atoms with Gasteiger partial charge in [-0.2, -0.15) is 0 Å². The highest BCUT2D eigenvalue weighted by molar-refractivity contribution is 5.86. The molecule has 6 N–H and O–H groups in total. The van der Waals surface area contributed by atoms with Gasteiger partial charge >= 0.3 is 29.9 Å². The van der Waals surface area contributed by atoms with Crippen LogP contribution >= 0.6 is 0 Å². The number of ether oxygens (including phenoxy) is 2. The van der Waals surface area contributed by atoms with Crippen LogP contribution < -0.4 is 16.0 Å². The standard InChI is InChI=1S/C24H41N3O11/c1-16(2)23(35)38-15-14-37-13-7-3-4-9-19(28)25-12-6-5-8-17(21(31)32)26-24(36)27-18(22(33)34)10-11-20(29)30/h16-18H,3-15H2,1-2H3,(H,25,28)(H,29,30)(H,31,32)(H,33,34)(H2,26,27,36)/t17-,18-/m0/s1. The minimum absolute atomic E-state index is 0.0577. The summed E-state index contributed by atoms with van der Waals surface area (Å²) in [5.74, 6) is -4.51. The van der Waals surface area contributed by atoms with E-state index in [1.807, 2.05) is 0 Å². The van der Waals surface area contributed by atoms with Gasteiger partial charge in [0.05, 0.1) is 12.5 Å². The van der Waals surface area contributed by atoms with Crippen molar-refractivity contribution in [2.45, 2.75) is 83.7 Å². The van der Waals surface area contributed by atoms with Crippen molar-refractivity contribution in [2.75, 3.05) is 26.4 Å². The van der Waals surface area contributed by atoms with Crippen molar-refractivity contribution in [3.63, 3.8) is 0 Å². The van der Waals surface area contributed by atoms with E-state index in [4.69, 9.17) is 19.7 Å². The number of aliphatic carboxylic acids is 3. The van der Waals surface area contributed by atoms with Crippen LogP contribution in [-0.4, -0.2) is 89.6 Å². The van der Waals surface area contributed by atoms with Gasteiger partial charge in [-0.1, -0.05) is 20.3 Å². The number of rotatable bonds is 22. The summed E-state index contributed by atoms with van der Waals surface area (Å²) < 4.78 is 10.4. The quantitative estimate of drug-likeness (QED) is 0.0833. The van der Waals surface area contributed by atoms with Gasteiger partial charge in [0.15, 0.2) is 0 Å². The first-order valence-electron chi connectivity index (χ1n) is 12.7. The molecule has 218 valence electrons. The SMILES string of the molecule is CC(C)C(=O)OCCOCCCCCC(=O)NCCCC[C@H](NC(=O)N[C@@H](CCC(=O)O)C(=O)O)C(=O)O. The Morgan fingerprint density at radius 2 is 1.34 bits per heavy atom. The molecule has 0 heterocycles. The number of carboxylic acid groups (broad SMARTS) is 3. The molecule has 0 saturated heterocycles. The van der Waals surface area contributed by atoms with Crippen molar-refractivity contribution in [3.8, 4) is 0 Å². The van der Waals surface area contributed by atoms with E-state index in [1.165, 1.54) is 0 Å². The molecule has 3 amide bonds. The van der Waals surface area contributed by atoms with Gasteiger partial charge in [0, 0.05) is 26.0 Å². The second kappa shape index (κ2) is 20.6. The molecule has 0 aromatic carbocycles. The minimum Gasteiger partial charge on any atom is -0.481 e. The number of urea groups is 1. The molecular weight excluding hydrogens is 506 g/mol. The molecule has 0 spiro atoms. The predicted molar refractivity (Wildman–Crippen MR) is 133 cm³/mol. The third-order valence-corrected chi connectivity index (χ3v) is 5.23. The van der Waals surface area contributed by atoms with Gasteiger partial charge in [0.25, 0.3) is 0 Å². The first-order chi connectivity index (χ1) is 17.9. The lowest BCUT2D eigenvalue weighted by atomic mass is 10.1. The topological polar surface area (TPSA) is 218 Å². The molecule has 0 unspecified atom stereocenters. The summed E-state index contributed by atoms with van der Waals surface area (Å²) in [7, 11) is 0. The number of nitrogens with one attached hydrogen (secondary N) is 3. The first kappa shape index (κ1) is 34.6. The zero-order valence-corrected chi connectivity index (χ0v) is 22.0. The summed E-state index contributed by atoms with van der Waals surface area (Å²) in [5, 5.41) is 34.0. The maximum absolute atomic E-state index is 12.0. The highest BCUT2D eigenvalue weighted by Gasteiger charge is 2.24. The number of amides is 3. The van der Waals surface area contributed by atoms with Crippen molar-refractivity contribution in [1.82, 2.24) is 16.0 Å². The maximum atomic E-state index is 12.0. The van der Waals surface area contributed by atoms with E-state index < -0.39 is 42.4 Å². The second-order valence-corrected chi connectivity index (χ2v) is 8.92. The Morgan fingerprint density at radius 3 is 1.92 bits per heavy atom. The second-order valence-electron chi connectivity index (χ2n) is 8.92. The van der Waals surface area contributed by atoms with E-state index >= 15 is 0 Å². The number of esters is 1. The molecule has 2 atom stereocenters. The largest absolute Gasteiger partial charge is 0.481 e. The molecule has 0 saturated carbocycles. The zero-order chi connectivity index (χ0) is 28.9. The van der Waals surface area contributed by atoms with E-state index in [-0.39, 0.29) is 37.2 Å². The number of carboxylic acids is 3.